The molecule has 0 N–H and O–H groups in total. The van der Waals surface area contributed by atoms with E-state index >= 15 is 0 Å². The summed E-state index contributed by atoms with van der Waals surface area (Å²) in [7, 11) is 0. The Morgan fingerprint density at radius 1 is 1.26 bits per heavy atom. The lowest BCUT2D eigenvalue weighted by atomic mass is 10.2. The molecule has 27 heavy (non-hydrogen) atoms. The smallest absolute Gasteiger partial charge is 0.278 e. The van der Waals surface area contributed by atoms with Crippen molar-refractivity contribution in [1.82, 2.24) is 24.1 Å². The van der Waals surface area contributed by atoms with Gasteiger partial charge in [0.2, 0.25) is 11.7 Å². The minimum absolute atomic E-state index is 0.114. The fourth-order valence-corrected chi connectivity index (χ4v) is 3.32. The summed E-state index contributed by atoms with van der Waals surface area (Å²) >= 11 is 0. The first-order chi connectivity index (χ1) is 13.1. The summed E-state index contributed by atoms with van der Waals surface area (Å²) in [5.41, 5.74) is 3.76. The van der Waals surface area contributed by atoms with Crippen LogP contribution < -0.4 is 5.56 Å². The summed E-state index contributed by atoms with van der Waals surface area (Å²) in [6.07, 6.45) is 5.85. The molecule has 1 aliphatic carbocycles. The zero-order chi connectivity index (χ0) is 18.5. The van der Waals surface area contributed by atoms with Crippen LogP contribution in [0.2, 0.25) is 0 Å². The molecule has 0 unspecified atom stereocenters. The van der Waals surface area contributed by atoms with Crippen molar-refractivity contribution < 1.29 is 4.52 Å². The van der Waals surface area contributed by atoms with Crippen molar-refractivity contribution in [2.45, 2.75) is 39.2 Å². The van der Waals surface area contributed by atoms with E-state index < -0.39 is 0 Å². The molecule has 1 aliphatic rings. The van der Waals surface area contributed by atoms with Crippen molar-refractivity contribution in [3.05, 3.63) is 58.5 Å². The Kier molecular flexibility index (Phi) is 3.50. The van der Waals surface area contributed by atoms with Crippen LogP contribution in [0, 0.1) is 0 Å². The molecular formula is C20H19N5O2. The first kappa shape index (κ1) is 16.0. The molecule has 1 fully saturated rings. The SMILES string of the molecule is CC(C)=CCn1c(=O)c2c(-c3noc(C4CC4)n3)ncn2c2ccccc21. The number of rotatable bonds is 4. The number of hydrogen-bond donors (Lipinski definition) is 0. The van der Waals surface area contributed by atoms with Crippen LogP contribution in [0.3, 0.4) is 0 Å². The summed E-state index contributed by atoms with van der Waals surface area (Å²) in [5.74, 6) is 1.37. The molecule has 0 amide bonds. The second-order valence-corrected chi connectivity index (χ2v) is 7.23. The molecule has 5 rings (SSSR count). The molecule has 0 bridgehead atoms. The van der Waals surface area contributed by atoms with Crippen LogP contribution in [0.25, 0.3) is 28.1 Å². The van der Waals surface area contributed by atoms with Crippen LogP contribution in [-0.4, -0.2) is 24.1 Å². The molecule has 0 spiro atoms. The first-order valence-electron chi connectivity index (χ1n) is 9.09. The highest BCUT2D eigenvalue weighted by Gasteiger charge is 2.30. The third kappa shape index (κ3) is 2.58. The van der Waals surface area contributed by atoms with Crippen LogP contribution in [0.5, 0.6) is 0 Å². The summed E-state index contributed by atoms with van der Waals surface area (Å²) in [4.78, 5) is 22.3. The highest BCUT2D eigenvalue weighted by atomic mass is 16.5. The Morgan fingerprint density at radius 2 is 2.04 bits per heavy atom. The normalized spacial score (nSPS) is 14.1. The molecule has 1 aromatic carbocycles. The van der Waals surface area contributed by atoms with E-state index in [0.29, 0.717) is 35.4 Å². The van der Waals surface area contributed by atoms with Crippen LogP contribution in [0.15, 0.2) is 51.6 Å². The van der Waals surface area contributed by atoms with Crippen LogP contribution in [0.1, 0.15) is 38.5 Å². The van der Waals surface area contributed by atoms with Gasteiger partial charge in [0.05, 0.1) is 11.0 Å². The lowest BCUT2D eigenvalue weighted by molar-refractivity contribution is 0.380. The van der Waals surface area contributed by atoms with E-state index in [0.717, 1.165) is 29.4 Å². The average Bonchev–Trinajstić information content (AvgIpc) is 3.23. The minimum atomic E-state index is -0.114. The molecule has 0 saturated heterocycles. The third-order valence-electron chi connectivity index (χ3n) is 4.91. The highest BCUT2D eigenvalue weighted by Crippen LogP contribution is 2.39. The fraction of sp³-hybridized carbons (Fsp3) is 0.300. The van der Waals surface area contributed by atoms with Gasteiger partial charge in [-0.1, -0.05) is 28.9 Å². The molecular weight excluding hydrogens is 342 g/mol. The summed E-state index contributed by atoms with van der Waals surface area (Å²) < 4.78 is 8.96. The molecule has 0 atom stereocenters. The maximum Gasteiger partial charge on any atom is 0.278 e. The van der Waals surface area contributed by atoms with Gasteiger partial charge in [0, 0.05) is 12.5 Å². The number of allylic oxidation sites excluding steroid dienone is 2. The number of nitrogens with zero attached hydrogens (tertiary/aromatic N) is 5. The van der Waals surface area contributed by atoms with E-state index in [-0.39, 0.29) is 5.56 Å². The van der Waals surface area contributed by atoms with Crippen molar-refractivity contribution >= 4 is 16.6 Å². The molecule has 1 saturated carbocycles. The van der Waals surface area contributed by atoms with E-state index in [1.54, 1.807) is 10.9 Å². The monoisotopic (exact) mass is 361 g/mol. The van der Waals surface area contributed by atoms with Crippen LogP contribution >= 0.6 is 0 Å². The van der Waals surface area contributed by atoms with E-state index in [1.165, 1.54) is 0 Å². The lowest BCUT2D eigenvalue weighted by Gasteiger charge is -2.11. The minimum Gasteiger partial charge on any atom is -0.339 e. The van der Waals surface area contributed by atoms with Crippen LogP contribution in [0.4, 0.5) is 0 Å². The van der Waals surface area contributed by atoms with Gasteiger partial charge >= 0.3 is 0 Å². The maximum absolute atomic E-state index is 13.3. The highest BCUT2D eigenvalue weighted by molar-refractivity contribution is 5.83. The summed E-state index contributed by atoms with van der Waals surface area (Å²) in [5, 5.41) is 4.07. The number of aromatic nitrogens is 5. The maximum atomic E-state index is 13.3. The van der Waals surface area contributed by atoms with Gasteiger partial charge in [-0.15, -0.1) is 0 Å². The Morgan fingerprint density at radius 3 is 2.78 bits per heavy atom. The average molecular weight is 361 g/mol. The van der Waals surface area contributed by atoms with Gasteiger partial charge in [0.15, 0.2) is 0 Å². The van der Waals surface area contributed by atoms with E-state index in [1.807, 2.05) is 48.6 Å². The zero-order valence-corrected chi connectivity index (χ0v) is 15.2. The predicted octanol–water partition coefficient (Wildman–Crippen LogP) is 3.54. The van der Waals surface area contributed by atoms with Gasteiger partial charge in [-0.05, 0) is 38.8 Å². The Hall–Kier alpha value is -3.22. The number of hydrogen-bond acceptors (Lipinski definition) is 5. The fourth-order valence-electron chi connectivity index (χ4n) is 3.32. The van der Waals surface area contributed by atoms with Crippen molar-refractivity contribution in [2.24, 2.45) is 0 Å². The molecule has 0 aliphatic heterocycles. The van der Waals surface area contributed by atoms with Crippen molar-refractivity contribution in [3.8, 4) is 11.5 Å². The number of fused-ring (bicyclic) bond motifs is 3. The molecule has 3 heterocycles. The summed E-state index contributed by atoms with van der Waals surface area (Å²) in [6.45, 7) is 4.55. The molecule has 0 radical (unpaired) electrons. The first-order valence-corrected chi connectivity index (χ1v) is 9.09. The standard InChI is InChI=1S/C20H19N5O2/c1-12(2)9-10-24-14-5-3-4-6-15(14)25-11-21-16(17(25)20(24)26)18-22-19(27-23-18)13-7-8-13/h3-6,9,11,13H,7-8,10H2,1-2H3. The molecule has 4 aromatic rings. The zero-order valence-electron chi connectivity index (χ0n) is 15.2. The van der Waals surface area contributed by atoms with Gasteiger partial charge in [0.1, 0.15) is 17.5 Å². The third-order valence-corrected chi connectivity index (χ3v) is 4.91. The topological polar surface area (TPSA) is 78.2 Å². The predicted molar refractivity (Wildman–Crippen MR) is 102 cm³/mol. The van der Waals surface area contributed by atoms with E-state index in [4.69, 9.17) is 4.52 Å². The van der Waals surface area contributed by atoms with Crippen molar-refractivity contribution in [3.63, 3.8) is 0 Å². The molecule has 3 aromatic heterocycles. The Balaban J connectivity index is 1.79. The largest absolute Gasteiger partial charge is 0.339 e. The van der Waals surface area contributed by atoms with Crippen molar-refractivity contribution in [2.75, 3.05) is 0 Å². The van der Waals surface area contributed by atoms with Gasteiger partial charge in [-0.25, -0.2) is 4.98 Å². The second kappa shape index (κ2) is 5.90. The quantitative estimate of drug-likeness (QED) is 0.520. The summed E-state index contributed by atoms with van der Waals surface area (Å²) in [6, 6.07) is 7.83. The van der Waals surface area contributed by atoms with E-state index in [9.17, 15) is 4.79 Å². The van der Waals surface area contributed by atoms with Crippen LogP contribution in [-0.2, 0) is 6.54 Å². The van der Waals surface area contributed by atoms with Gasteiger partial charge in [-0.2, -0.15) is 4.98 Å². The van der Waals surface area contributed by atoms with Gasteiger partial charge < -0.3 is 9.09 Å². The molecule has 7 heteroatoms. The Labute approximate surface area is 155 Å². The molecule has 7 nitrogen and oxygen atoms in total. The molecule has 136 valence electrons. The number of benzene rings is 1. The Bertz CT molecular complexity index is 1250. The second-order valence-electron chi connectivity index (χ2n) is 7.23. The van der Waals surface area contributed by atoms with Gasteiger partial charge in [-0.3, -0.25) is 9.20 Å². The van der Waals surface area contributed by atoms with E-state index in [2.05, 4.69) is 15.1 Å². The number of para-hydroxylation sites is 2. The number of imidazole rings is 1. The van der Waals surface area contributed by atoms with Gasteiger partial charge in [0.25, 0.3) is 5.56 Å². The lowest BCUT2D eigenvalue weighted by Crippen LogP contribution is -2.22. The van der Waals surface area contributed by atoms with Crippen molar-refractivity contribution in [1.29, 1.82) is 0 Å².